The number of halogens is 1. The van der Waals surface area contributed by atoms with Crippen LogP contribution in [0.4, 0.5) is 4.39 Å². The van der Waals surface area contributed by atoms with Crippen molar-refractivity contribution >= 4 is 15.7 Å². The van der Waals surface area contributed by atoms with E-state index in [1.807, 2.05) is 13.8 Å². The van der Waals surface area contributed by atoms with Gasteiger partial charge in [0, 0.05) is 30.4 Å². The Morgan fingerprint density at radius 2 is 2.11 bits per heavy atom. The maximum atomic E-state index is 13.9. The Morgan fingerprint density at radius 1 is 1.39 bits per heavy atom. The summed E-state index contributed by atoms with van der Waals surface area (Å²) in [5.74, 6) is -0.569. The molecular formula is C19H24FN3O4S. The highest BCUT2D eigenvalue weighted by Crippen LogP contribution is 2.27. The first-order valence-corrected chi connectivity index (χ1v) is 10.8. The first-order valence-electron chi connectivity index (χ1n) is 8.97. The van der Waals surface area contributed by atoms with E-state index < -0.39 is 15.7 Å². The van der Waals surface area contributed by atoms with Crippen molar-refractivity contribution in [3.63, 3.8) is 0 Å². The fraction of sp³-hybridized carbons (Fsp3) is 0.474. The summed E-state index contributed by atoms with van der Waals surface area (Å²) in [5.41, 5.74) is 2.70. The molecule has 0 bridgehead atoms. The lowest BCUT2D eigenvalue weighted by Crippen LogP contribution is -2.27. The van der Waals surface area contributed by atoms with Crippen LogP contribution in [0.5, 0.6) is 5.75 Å². The van der Waals surface area contributed by atoms with Gasteiger partial charge >= 0.3 is 0 Å². The van der Waals surface area contributed by atoms with E-state index in [2.05, 4.69) is 5.10 Å². The minimum atomic E-state index is -3.02. The highest BCUT2D eigenvalue weighted by Gasteiger charge is 2.31. The Labute approximate surface area is 164 Å². The van der Waals surface area contributed by atoms with Crippen LogP contribution in [0, 0.1) is 19.7 Å². The van der Waals surface area contributed by atoms with Crippen molar-refractivity contribution in [1.29, 1.82) is 0 Å². The number of benzene rings is 1. The van der Waals surface area contributed by atoms with E-state index in [0.717, 1.165) is 23.0 Å². The van der Waals surface area contributed by atoms with Gasteiger partial charge in [-0.2, -0.15) is 5.10 Å². The van der Waals surface area contributed by atoms with Crippen LogP contribution in [0.1, 0.15) is 39.8 Å². The molecule has 0 saturated carbocycles. The molecule has 1 aliphatic heterocycles. The minimum Gasteiger partial charge on any atom is -0.494 e. The second-order valence-electron chi connectivity index (χ2n) is 7.16. The molecule has 9 heteroatoms. The van der Waals surface area contributed by atoms with Crippen molar-refractivity contribution in [2.45, 2.75) is 32.9 Å². The summed E-state index contributed by atoms with van der Waals surface area (Å²) in [4.78, 5) is 14.2. The van der Waals surface area contributed by atoms with Crippen LogP contribution < -0.4 is 4.74 Å². The van der Waals surface area contributed by atoms with Crippen molar-refractivity contribution < 1.29 is 22.3 Å². The van der Waals surface area contributed by atoms with Crippen LogP contribution in [0.15, 0.2) is 18.2 Å². The Bertz CT molecular complexity index is 1020. The molecule has 1 aliphatic rings. The monoisotopic (exact) mass is 409 g/mol. The number of ether oxygens (including phenoxy) is 1. The van der Waals surface area contributed by atoms with Gasteiger partial charge in [-0.1, -0.05) is 0 Å². The molecule has 0 unspecified atom stereocenters. The van der Waals surface area contributed by atoms with Crippen LogP contribution in [-0.4, -0.2) is 54.7 Å². The van der Waals surface area contributed by atoms with Gasteiger partial charge < -0.3 is 9.64 Å². The predicted molar refractivity (Wildman–Crippen MR) is 103 cm³/mol. The predicted octanol–water partition coefficient (Wildman–Crippen LogP) is 2.28. The highest BCUT2D eigenvalue weighted by atomic mass is 32.2. The normalized spacial score (nSPS) is 18.2. The first-order chi connectivity index (χ1) is 13.1. The summed E-state index contributed by atoms with van der Waals surface area (Å²) in [6.07, 6.45) is 0.545. The standard InChI is InChI=1S/C19H24FN3O4S/c1-12-16(13(2)23(21-12)15-7-8-28(25,26)11-15)10-22(3)19(24)14-5-6-18(27-4)17(20)9-14/h5-6,9,15H,7-8,10-11H2,1-4H3/t15-/m0/s1. The molecule has 2 heterocycles. The topological polar surface area (TPSA) is 81.5 Å². The molecule has 1 amide bonds. The minimum absolute atomic E-state index is 0.0821. The summed E-state index contributed by atoms with van der Waals surface area (Å²) >= 11 is 0. The van der Waals surface area contributed by atoms with E-state index in [0.29, 0.717) is 13.0 Å². The zero-order valence-corrected chi connectivity index (χ0v) is 17.2. The Morgan fingerprint density at radius 3 is 2.68 bits per heavy atom. The second-order valence-corrected chi connectivity index (χ2v) is 9.39. The third-order valence-electron chi connectivity index (χ3n) is 5.17. The number of aromatic nitrogens is 2. The maximum absolute atomic E-state index is 13.9. The largest absolute Gasteiger partial charge is 0.494 e. The van der Waals surface area contributed by atoms with Crippen LogP contribution in [-0.2, 0) is 16.4 Å². The second kappa shape index (κ2) is 7.54. The Kier molecular flexibility index (Phi) is 5.47. The molecule has 3 rings (SSSR count). The van der Waals surface area contributed by atoms with Gasteiger partial charge in [0.15, 0.2) is 21.4 Å². The number of hydrogen-bond donors (Lipinski definition) is 0. The van der Waals surface area contributed by atoms with Crippen molar-refractivity contribution in [3.05, 3.63) is 46.5 Å². The molecule has 28 heavy (non-hydrogen) atoms. The molecule has 0 aliphatic carbocycles. The molecule has 0 N–H and O–H groups in total. The molecule has 0 spiro atoms. The number of carbonyl (C=O) groups is 1. The van der Waals surface area contributed by atoms with Crippen molar-refractivity contribution in [1.82, 2.24) is 14.7 Å². The molecule has 1 atom stereocenters. The lowest BCUT2D eigenvalue weighted by Gasteiger charge is -2.18. The van der Waals surface area contributed by atoms with Gasteiger partial charge in [-0.15, -0.1) is 0 Å². The third-order valence-corrected chi connectivity index (χ3v) is 6.92. The van der Waals surface area contributed by atoms with Crippen LogP contribution in [0.2, 0.25) is 0 Å². The van der Waals surface area contributed by atoms with Gasteiger partial charge in [0.2, 0.25) is 0 Å². The van der Waals surface area contributed by atoms with Crippen LogP contribution >= 0.6 is 0 Å². The molecule has 152 valence electrons. The molecule has 0 radical (unpaired) electrons. The number of sulfone groups is 1. The average Bonchev–Trinajstić information content (AvgIpc) is 3.14. The maximum Gasteiger partial charge on any atom is 0.254 e. The quantitative estimate of drug-likeness (QED) is 0.757. The van der Waals surface area contributed by atoms with Gasteiger partial charge in [-0.25, -0.2) is 12.8 Å². The van der Waals surface area contributed by atoms with Crippen molar-refractivity contribution in [3.8, 4) is 5.75 Å². The summed E-state index contributed by atoms with van der Waals surface area (Å²) in [6, 6.07) is 3.93. The fourth-order valence-corrected chi connectivity index (χ4v) is 5.27. The van der Waals surface area contributed by atoms with E-state index >= 15 is 0 Å². The number of amides is 1. The highest BCUT2D eigenvalue weighted by molar-refractivity contribution is 7.91. The van der Waals surface area contributed by atoms with E-state index in [4.69, 9.17) is 4.74 Å². The van der Waals surface area contributed by atoms with E-state index in [-0.39, 0.29) is 34.8 Å². The van der Waals surface area contributed by atoms with Gasteiger partial charge in [0.25, 0.3) is 5.91 Å². The summed E-state index contributed by atoms with van der Waals surface area (Å²) in [5, 5.41) is 4.52. The molecule has 1 fully saturated rings. The van der Waals surface area contributed by atoms with E-state index in [1.54, 1.807) is 11.7 Å². The zero-order chi connectivity index (χ0) is 20.6. The van der Waals surface area contributed by atoms with Gasteiger partial charge in [0.1, 0.15) is 0 Å². The zero-order valence-electron chi connectivity index (χ0n) is 16.4. The van der Waals surface area contributed by atoms with E-state index in [9.17, 15) is 17.6 Å². The number of methoxy groups -OCH3 is 1. The summed E-state index contributed by atoms with van der Waals surface area (Å²) < 4.78 is 44.1. The molecule has 1 aromatic carbocycles. The average molecular weight is 409 g/mol. The smallest absolute Gasteiger partial charge is 0.254 e. The van der Waals surface area contributed by atoms with Crippen molar-refractivity contribution in [2.24, 2.45) is 0 Å². The number of rotatable bonds is 5. The number of aryl methyl sites for hydroxylation is 1. The molecule has 1 aromatic heterocycles. The molecule has 2 aromatic rings. The van der Waals surface area contributed by atoms with Crippen LogP contribution in [0.3, 0.4) is 0 Å². The van der Waals surface area contributed by atoms with Gasteiger partial charge in [0.05, 0.1) is 30.4 Å². The first kappa shape index (κ1) is 20.3. The lowest BCUT2D eigenvalue weighted by molar-refractivity contribution is 0.0784. The third kappa shape index (κ3) is 3.89. The summed E-state index contributed by atoms with van der Waals surface area (Å²) in [6.45, 7) is 4.02. The van der Waals surface area contributed by atoms with Gasteiger partial charge in [-0.3, -0.25) is 9.48 Å². The number of nitrogens with zero attached hydrogens (tertiary/aromatic N) is 3. The number of carbonyl (C=O) groups excluding carboxylic acids is 1. The molecular weight excluding hydrogens is 385 g/mol. The Balaban J connectivity index is 1.80. The molecule has 1 saturated heterocycles. The van der Waals surface area contributed by atoms with Crippen molar-refractivity contribution in [2.75, 3.05) is 25.7 Å². The SMILES string of the molecule is COc1ccc(C(=O)N(C)Cc2c(C)nn([C@H]3CCS(=O)(=O)C3)c2C)cc1F. The summed E-state index contributed by atoms with van der Waals surface area (Å²) in [7, 11) is -0.0120. The molecule has 7 nitrogen and oxygen atoms in total. The Hall–Kier alpha value is -2.42. The fourth-order valence-electron chi connectivity index (χ4n) is 3.58. The van der Waals surface area contributed by atoms with E-state index in [1.165, 1.54) is 24.1 Å². The number of hydrogen-bond acceptors (Lipinski definition) is 5. The van der Waals surface area contributed by atoms with Gasteiger partial charge in [-0.05, 0) is 38.5 Å². The lowest BCUT2D eigenvalue weighted by atomic mass is 10.1. The van der Waals surface area contributed by atoms with Crippen LogP contribution in [0.25, 0.3) is 0 Å².